The molecule has 7 heteroatoms. The van der Waals surface area contributed by atoms with Gasteiger partial charge < -0.3 is 0 Å². The van der Waals surface area contributed by atoms with E-state index in [9.17, 15) is 8.42 Å². The minimum Gasteiger partial charge on any atom is -0.206 e. The Morgan fingerprint density at radius 2 is 2.12 bits per heavy atom. The van der Waals surface area contributed by atoms with Gasteiger partial charge in [0.1, 0.15) is 9.75 Å². The van der Waals surface area contributed by atoms with Crippen LogP contribution in [0.2, 0.25) is 4.34 Å². The van der Waals surface area contributed by atoms with E-state index in [-0.39, 0.29) is 4.21 Å². The molecule has 0 aliphatic heterocycles. The minimum atomic E-state index is -3.67. The van der Waals surface area contributed by atoms with Crippen LogP contribution in [0.25, 0.3) is 0 Å². The number of nitrogens with zero attached hydrogens (tertiary/aromatic N) is 1. The number of halogens is 1. The van der Waals surface area contributed by atoms with E-state index in [2.05, 4.69) is 4.72 Å². The van der Waals surface area contributed by atoms with Gasteiger partial charge in [-0.05, 0) is 32.4 Å². The van der Waals surface area contributed by atoms with Gasteiger partial charge in [0.25, 0.3) is 10.0 Å². The number of hydrogen-bond donors (Lipinski definition) is 1. The fourth-order valence-electron chi connectivity index (χ4n) is 0.973. The lowest BCUT2D eigenvalue weighted by molar-refractivity contribution is 0.537. The first kappa shape index (κ1) is 13.5. The largest absolute Gasteiger partial charge is 0.251 e. The summed E-state index contributed by atoms with van der Waals surface area (Å²) < 4.78 is 26.6. The van der Waals surface area contributed by atoms with Crippen molar-refractivity contribution in [3.8, 4) is 6.07 Å². The standard InChI is InChI=1S/C9H11ClN2O2S2/c1-6-4-7(15-8(6)10)16(13,14)12-9(2,3)5-11/h4,12H,1-3H3. The molecule has 0 bridgehead atoms. The van der Waals surface area contributed by atoms with Gasteiger partial charge in [0, 0.05) is 0 Å². The summed E-state index contributed by atoms with van der Waals surface area (Å²) in [4.78, 5) is 0. The lowest BCUT2D eigenvalue weighted by Gasteiger charge is -2.16. The molecule has 0 amide bonds. The van der Waals surface area contributed by atoms with Crippen molar-refractivity contribution < 1.29 is 8.42 Å². The third kappa shape index (κ3) is 2.95. The second kappa shape index (κ2) is 4.34. The van der Waals surface area contributed by atoms with E-state index in [1.54, 1.807) is 6.92 Å². The van der Waals surface area contributed by atoms with Crippen molar-refractivity contribution >= 4 is 33.0 Å². The van der Waals surface area contributed by atoms with Crippen molar-refractivity contribution in [3.05, 3.63) is 16.0 Å². The molecule has 0 fully saturated rings. The highest BCUT2D eigenvalue weighted by Crippen LogP contribution is 2.30. The van der Waals surface area contributed by atoms with Crippen molar-refractivity contribution in [1.29, 1.82) is 5.26 Å². The zero-order valence-electron chi connectivity index (χ0n) is 9.04. The van der Waals surface area contributed by atoms with Crippen LogP contribution in [0.15, 0.2) is 10.3 Å². The third-order valence-corrected chi connectivity index (χ3v) is 5.45. The topological polar surface area (TPSA) is 70.0 Å². The normalized spacial score (nSPS) is 12.4. The summed E-state index contributed by atoms with van der Waals surface area (Å²) in [5.41, 5.74) is -0.426. The average molecular weight is 279 g/mol. The highest BCUT2D eigenvalue weighted by molar-refractivity contribution is 7.91. The molecule has 0 radical (unpaired) electrons. The summed E-state index contributed by atoms with van der Waals surface area (Å²) in [5, 5.41) is 8.76. The molecule has 1 rings (SSSR count). The number of aryl methyl sites for hydroxylation is 1. The number of nitrogens with one attached hydrogen (secondary N) is 1. The smallest absolute Gasteiger partial charge is 0.206 e. The van der Waals surface area contributed by atoms with Crippen LogP contribution in [0, 0.1) is 18.3 Å². The van der Waals surface area contributed by atoms with Crippen molar-refractivity contribution in [3.63, 3.8) is 0 Å². The number of thiophene rings is 1. The highest BCUT2D eigenvalue weighted by Gasteiger charge is 2.27. The van der Waals surface area contributed by atoms with Gasteiger partial charge in [-0.1, -0.05) is 11.6 Å². The van der Waals surface area contributed by atoms with E-state index in [0.29, 0.717) is 9.90 Å². The molecule has 0 saturated carbocycles. The fraction of sp³-hybridized carbons (Fsp3) is 0.444. The van der Waals surface area contributed by atoms with E-state index in [0.717, 1.165) is 11.3 Å². The summed E-state index contributed by atoms with van der Waals surface area (Å²) in [7, 11) is -3.67. The van der Waals surface area contributed by atoms with Gasteiger partial charge in [0.15, 0.2) is 0 Å². The van der Waals surface area contributed by atoms with Gasteiger partial charge in [-0.25, -0.2) is 8.42 Å². The van der Waals surface area contributed by atoms with Crippen LogP contribution in [-0.2, 0) is 10.0 Å². The van der Waals surface area contributed by atoms with Crippen molar-refractivity contribution in [2.24, 2.45) is 0 Å². The van der Waals surface area contributed by atoms with E-state index in [4.69, 9.17) is 16.9 Å². The number of nitriles is 1. The van der Waals surface area contributed by atoms with Gasteiger partial charge in [-0.15, -0.1) is 11.3 Å². The van der Waals surface area contributed by atoms with Crippen molar-refractivity contribution in [2.75, 3.05) is 0 Å². The Morgan fingerprint density at radius 1 is 1.56 bits per heavy atom. The van der Waals surface area contributed by atoms with Gasteiger partial charge in [-0.2, -0.15) is 9.98 Å². The van der Waals surface area contributed by atoms with Crippen LogP contribution in [-0.4, -0.2) is 14.0 Å². The predicted molar refractivity (Wildman–Crippen MR) is 64.1 cm³/mol. The quantitative estimate of drug-likeness (QED) is 0.922. The summed E-state index contributed by atoms with van der Waals surface area (Å²) in [6.45, 7) is 4.71. The molecule has 1 aromatic rings. The molecule has 4 nitrogen and oxygen atoms in total. The first-order valence-electron chi connectivity index (χ1n) is 4.39. The van der Waals surface area contributed by atoms with Gasteiger partial charge in [0.05, 0.1) is 10.4 Å². The number of sulfonamides is 1. The van der Waals surface area contributed by atoms with E-state index < -0.39 is 15.6 Å². The van der Waals surface area contributed by atoms with Crippen LogP contribution < -0.4 is 4.72 Å². The molecule has 0 atom stereocenters. The summed E-state index contributed by atoms with van der Waals surface area (Å²) in [5.74, 6) is 0. The summed E-state index contributed by atoms with van der Waals surface area (Å²) in [6.07, 6.45) is 0. The van der Waals surface area contributed by atoms with Crippen LogP contribution in [0.4, 0.5) is 0 Å². The molecule has 0 unspecified atom stereocenters. The van der Waals surface area contributed by atoms with Crippen LogP contribution in [0.3, 0.4) is 0 Å². The lowest BCUT2D eigenvalue weighted by atomic mass is 10.1. The molecular weight excluding hydrogens is 268 g/mol. The number of hydrogen-bond acceptors (Lipinski definition) is 4. The lowest BCUT2D eigenvalue weighted by Crippen LogP contribution is -2.41. The highest BCUT2D eigenvalue weighted by atomic mass is 35.5. The Labute approximate surface area is 104 Å². The van der Waals surface area contributed by atoms with Crippen molar-refractivity contribution in [2.45, 2.75) is 30.5 Å². The number of rotatable bonds is 3. The Balaban J connectivity index is 3.10. The molecule has 0 spiro atoms. The average Bonchev–Trinajstić information content (AvgIpc) is 2.46. The fourth-order valence-corrected chi connectivity index (χ4v) is 4.01. The van der Waals surface area contributed by atoms with Gasteiger partial charge in [-0.3, -0.25) is 0 Å². The Kier molecular flexibility index (Phi) is 3.65. The van der Waals surface area contributed by atoms with Crippen LogP contribution in [0.5, 0.6) is 0 Å². The maximum atomic E-state index is 11.9. The molecule has 1 aromatic heterocycles. The first-order chi connectivity index (χ1) is 7.18. The van der Waals surface area contributed by atoms with Gasteiger partial charge >= 0.3 is 0 Å². The van der Waals surface area contributed by atoms with E-state index in [1.807, 2.05) is 6.07 Å². The summed E-state index contributed by atoms with van der Waals surface area (Å²) in [6, 6.07) is 3.36. The molecule has 16 heavy (non-hydrogen) atoms. The van der Waals surface area contributed by atoms with E-state index >= 15 is 0 Å². The molecule has 88 valence electrons. The predicted octanol–water partition coefficient (Wildman–Crippen LogP) is 2.29. The first-order valence-corrected chi connectivity index (χ1v) is 7.07. The molecule has 0 aromatic carbocycles. The summed E-state index contributed by atoms with van der Waals surface area (Å²) >= 11 is 6.78. The maximum Gasteiger partial charge on any atom is 0.251 e. The molecule has 0 saturated heterocycles. The van der Waals surface area contributed by atoms with E-state index in [1.165, 1.54) is 19.9 Å². The van der Waals surface area contributed by atoms with Crippen LogP contribution in [0.1, 0.15) is 19.4 Å². The zero-order chi connectivity index (χ0) is 12.6. The maximum absolute atomic E-state index is 11.9. The zero-order valence-corrected chi connectivity index (χ0v) is 11.4. The Morgan fingerprint density at radius 3 is 2.50 bits per heavy atom. The monoisotopic (exact) mass is 278 g/mol. The van der Waals surface area contributed by atoms with Gasteiger partial charge in [0.2, 0.25) is 0 Å². The molecular formula is C9H11ClN2O2S2. The Bertz CT molecular complexity index is 521. The molecule has 0 aliphatic carbocycles. The van der Waals surface area contributed by atoms with Crippen molar-refractivity contribution in [1.82, 2.24) is 4.72 Å². The second-order valence-electron chi connectivity index (χ2n) is 3.86. The molecule has 1 heterocycles. The Hall–Kier alpha value is -0.610. The molecule has 0 aliphatic rings. The molecule has 1 N–H and O–H groups in total. The second-order valence-corrected chi connectivity index (χ2v) is 7.43. The third-order valence-electron chi connectivity index (χ3n) is 1.77. The minimum absolute atomic E-state index is 0.123. The van der Waals surface area contributed by atoms with Crippen LogP contribution >= 0.6 is 22.9 Å². The SMILES string of the molecule is Cc1cc(S(=O)(=O)NC(C)(C)C#N)sc1Cl.